The number of nitrogens with one attached hydrogen (secondary N) is 2. The molecule has 22 heteroatoms. The SMILES string of the molecule is CC(C)(C)CC(=O)C1CCN(C(=O)COC(C)(C)C)CC1.CC(C)(C)OCC(=O)N1CCC(NC(=O)C(C)(C)C)CC1.CC(C)(C)OCC(=O)N1CCN(C(C)(C)C)CC1.CC(C)OCC(=O)N1CCC(C(=O)CCCC(C)(C)C)CC1.CC(C)OCC(=O)N1CCC(NC(=O)CCCC(C)(C)C)CC1. The zero-order valence-electron chi connectivity index (χ0n) is 72.0. The van der Waals surface area contributed by atoms with Crippen LogP contribution in [0.5, 0.6) is 0 Å². The molecule has 0 unspecified atom stereocenters. The first-order valence-corrected chi connectivity index (χ1v) is 39.9. The molecule has 105 heavy (non-hydrogen) atoms. The second kappa shape index (κ2) is 45.5. The fraction of sp³-hybridized carbons (Fsp3) is 0.892. The van der Waals surface area contributed by atoms with E-state index in [1.807, 2.05) is 135 Å². The molecule has 0 aromatic heterocycles. The summed E-state index contributed by atoms with van der Waals surface area (Å²) in [4.78, 5) is 120. The highest BCUT2D eigenvalue weighted by Gasteiger charge is 2.34. The predicted molar refractivity (Wildman–Crippen MR) is 421 cm³/mol. The van der Waals surface area contributed by atoms with E-state index < -0.39 is 0 Å². The van der Waals surface area contributed by atoms with Gasteiger partial charge in [0.05, 0.1) is 29.0 Å². The molecule has 5 aliphatic rings. The fourth-order valence-electron chi connectivity index (χ4n) is 12.0. The molecule has 0 aromatic carbocycles. The topological polar surface area (TPSA) is 243 Å². The van der Waals surface area contributed by atoms with Gasteiger partial charge in [-0.15, -0.1) is 0 Å². The monoisotopic (exact) mass is 1490 g/mol. The zero-order valence-corrected chi connectivity index (χ0v) is 72.0. The molecule has 0 saturated carbocycles. The molecule has 0 atom stereocenters. The van der Waals surface area contributed by atoms with Crippen LogP contribution in [0.3, 0.4) is 0 Å². The van der Waals surface area contributed by atoms with Crippen LogP contribution >= 0.6 is 0 Å². The predicted octanol–water partition coefficient (Wildman–Crippen LogP) is 12.9. The van der Waals surface area contributed by atoms with Crippen LogP contribution in [0.4, 0.5) is 0 Å². The number of carbonyl (C=O) groups excluding carboxylic acids is 9. The second-order valence-electron chi connectivity index (χ2n) is 38.9. The molecule has 0 aromatic rings. The van der Waals surface area contributed by atoms with Crippen LogP contribution in [0.15, 0.2) is 0 Å². The number of hydrogen-bond donors (Lipinski definition) is 2. The van der Waals surface area contributed by atoms with Gasteiger partial charge in [-0.25, -0.2) is 0 Å². The summed E-state index contributed by atoms with van der Waals surface area (Å²) in [5, 5.41) is 6.17. The third-order valence-electron chi connectivity index (χ3n) is 18.6. The van der Waals surface area contributed by atoms with Gasteiger partial charge in [0, 0.05) is 133 Å². The van der Waals surface area contributed by atoms with Gasteiger partial charge in [0.25, 0.3) is 0 Å². The fourth-order valence-corrected chi connectivity index (χ4v) is 12.0. The van der Waals surface area contributed by atoms with Gasteiger partial charge in [0.15, 0.2) is 0 Å². The van der Waals surface area contributed by atoms with E-state index in [1.165, 1.54) is 0 Å². The molecule has 2 N–H and O–H groups in total. The lowest BCUT2D eigenvalue weighted by molar-refractivity contribution is -0.144. The number of hydrogen-bond acceptors (Lipinski definition) is 15. The highest BCUT2D eigenvalue weighted by Crippen LogP contribution is 2.29. The lowest BCUT2D eigenvalue weighted by Gasteiger charge is -2.42. The average Bonchev–Trinajstić information content (AvgIpc) is 0.812. The van der Waals surface area contributed by atoms with Crippen molar-refractivity contribution in [3.8, 4) is 0 Å². The lowest BCUT2D eigenvalue weighted by Crippen LogP contribution is -2.55. The van der Waals surface area contributed by atoms with Crippen LogP contribution < -0.4 is 10.6 Å². The van der Waals surface area contributed by atoms with Crippen molar-refractivity contribution in [3.05, 3.63) is 0 Å². The number of ether oxygens (including phenoxy) is 5. The molecule has 612 valence electrons. The van der Waals surface area contributed by atoms with E-state index >= 15 is 0 Å². The Morgan fingerprint density at radius 1 is 0.352 bits per heavy atom. The molecule has 5 aliphatic heterocycles. The first-order chi connectivity index (χ1) is 47.9. The third kappa shape index (κ3) is 47.8. The van der Waals surface area contributed by atoms with E-state index in [2.05, 4.69) is 98.6 Å². The first-order valence-electron chi connectivity index (χ1n) is 39.9. The number of piperidine rings is 4. The van der Waals surface area contributed by atoms with Crippen molar-refractivity contribution >= 4 is 52.9 Å². The largest absolute Gasteiger partial charge is 0.369 e. The Morgan fingerprint density at radius 3 is 0.943 bits per heavy atom. The molecule has 0 radical (unpaired) electrons. The van der Waals surface area contributed by atoms with Crippen LogP contribution in [-0.2, 0) is 66.8 Å². The maximum atomic E-state index is 12.2. The number of carbonyl (C=O) groups is 9. The van der Waals surface area contributed by atoms with Crippen molar-refractivity contribution in [2.75, 3.05) is 112 Å². The van der Waals surface area contributed by atoms with E-state index in [1.54, 1.807) is 0 Å². The number of rotatable bonds is 23. The summed E-state index contributed by atoms with van der Waals surface area (Å²) in [6, 6.07) is 0.372. The number of likely N-dealkylation sites (tertiary alicyclic amines) is 4. The molecular weight excluding hydrogens is 1330 g/mol. The van der Waals surface area contributed by atoms with Crippen LogP contribution in [0, 0.1) is 33.5 Å². The van der Waals surface area contributed by atoms with E-state index in [0.29, 0.717) is 88.6 Å². The van der Waals surface area contributed by atoms with Crippen molar-refractivity contribution in [2.24, 2.45) is 33.5 Å². The Bertz CT molecular complexity index is 2590. The summed E-state index contributed by atoms with van der Waals surface area (Å²) in [6.07, 6.45) is 12.6. The quantitative estimate of drug-likeness (QED) is 0.0966. The number of amides is 7. The summed E-state index contributed by atoms with van der Waals surface area (Å²) in [6.45, 7) is 66.9. The molecule has 5 saturated heterocycles. The van der Waals surface area contributed by atoms with E-state index in [0.717, 1.165) is 103 Å². The van der Waals surface area contributed by atoms with Gasteiger partial charge in [-0.1, -0.05) is 83.1 Å². The van der Waals surface area contributed by atoms with Crippen molar-refractivity contribution in [1.82, 2.24) is 40.0 Å². The summed E-state index contributed by atoms with van der Waals surface area (Å²) in [5.41, 5.74) is -0.389. The minimum absolute atomic E-state index is 0.0329. The van der Waals surface area contributed by atoms with Crippen molar-refractivity contribution in [1.29, 1.82) is 0 Å². The summed E-state index contributed by atoms with van der Waals surface area (Å²) >= 11 is 0. The average molecular weight is 1490 g/mol. The molecule has 5 rings (SSSR count). The van der Waals surface area contributed by atoms with Crippen LogP contribution in [0.2, 0.25) is 0 Å². The van der Waals surface area contributed by atoms with Crippen molar-refractivity contribution in [2.45, 2.75) is 337 Å². The van der Waals surface area contributed by atoms with Gasteiger partial charge < -0.3 is 58.8 Å². The van der Waals surface area contributed by atoms with Crippen LogP contribution in [0.1, 0.15) is 290 Å². The van der Waals surface area contributed by atoms with Gasteiger partial charge in [-0.2, -0.15) is 0 Å². The van der Waals surface area contributed by atoms with Crippen LogP contribution in [0.25, 0.3) is 0 Å². The standard InChI is InChI=1S/C18H34N2O3.C18H33NO3.C17H31NO3.C16H30N2O3.C14H28N2O2/c1-14(2)23-13-17(22)20-11-8-15(9-12-20)19-16(21)7-6-10-18(3,4)5;1-14(2)22-13-17(21)19-11-8-15(9-12-19)16(20)7-6-10-18(3,4)5;1-16(2,3)11-14(19)13-7-9-18(10-8-13)15(20)12-21-17(4,5)6;1-15(2,3)14(20)17-12-7-9-18(10-8-12)13(19)11-21-16(4,5)6;1-13(2,3)16-9-7-15(8-10-16)12(17)11-18-14(4,5)6/h14-15H,6-13H2,1-5H3,(H,19,21);14-15H,6-13H2,1-5H3;13H,7-12H2,1-6H3;12H,7-11H2,1-6H3,(H,17,20);7-11H2,1-6H3. The van der Waals surface area contributed by atoms with Gasteiger partial charge >= 0.3 is 0 Å². The van der Waals surface area contributed by atoms with E-state index in [-0.39, 0.29) is 149 Å². The molecule has 22 nitrogen and oxygen atoms in total. The summed E-state index contributed by atoms with van der Waals surface area (Å²) in [5.74, 6) is 1.49. The lowest BCUT2D eigenvalue weighted by atomic mass is 9.82. The molecule has 0 bridgehead atoms. The Hall–Kier alpha value is -4.61. The Labute approximate surface area is 638 Å². The molecule has 5 heterocycles. The molecule has 5 fully saturated rings. The summed E-state index contributed by atoms with van der Waals surface area (Å²) in [7, 11) is 0. The Morgan fingerprint density at radius 2 is 0.648 bits per heavy atom. The summed E-state index contributed by atoms with van der Waals surface area (Å²) < 4.78 is 27.3. The normalized spacial score (nSPS) is 17.6. The van der Waals surface area contributed by atoms with Gasteiger partial charge in [0.2, 0.25) is 41.4 Å². The number of ketones is 2. The molecular formula is C83H156N8O14. The van der Waals surface area contributed by atoms with Crippen molar-refractivity contribution in [3.63, 3.8) is 0 Å². The maximum Gasteiger partial charge on any atom is 0.248 e. The highest BCUT2D eigenvalue weighted by atomic mass is 16.5. The van der Waals surface area contributed by atoms with Crippen LogP contribution in [-0.4, -0.2) is 241 Å². The number of Topliss-reactive ketones (excluding diaryl/α,β-unsaturated/α-hetero) is 2. The highest BCUT2D eigenvalue weighted by molar-refractivity contribution is 5.84. The Balaban J connectivity index is 0.000000658. The van der Waals surface area contributed by atoms with E-state index in [9.17, 15) is 43.2 Å². The van der Waals surface area contributed by atoms with E-state index in [4.69, 9.17) is 23.7 Å². The molecule has 0 spiro atoms. The van der Waals surface area contributed by atoms with Crippen molar-refractivity contribution < 1.29 is 66.8 Å². The number of piperazine rings is 1. The second-order valence-corrected chi connectivity index (χ2v) is 38.9. The minimum atomic E-state index is -0.368. The smallest absolute Gasteiger partial charge is 0.248 e. The third-order valence-corrected chi connectivity index (χ3v) is 18.6. The minimum Gasteiger partial charge on any atom is -0.369 e. The zero-order chi connectivity index (χ0) is 80.7. The maximum absolute atomic E-state index is 12.2. The number of nitrogens with zero attached hydrogens (tertiary/aromatic N) is 6. The van der Waals surface area contributed by atoms with Gasteiger partial charge in [-0.3, -0.25) is 48.1 Å². The first kappa shape index (κ1) is 98.4. The van der Waals surface area contributed by atoms with Gasteiger partial charge in [-0.05, 0) is 204 Å². The Kier molecular flexibility index (Phi) is 42.7. The molecule has 0 aliphatic carbocycles. The van der Waals surface area contributed by atoms with Gasteiger partial charge in [0.1, 0.15) is 44.6 Å². The molecule has 7 amide bonds.